The monoisotopic (exact) mass is 380 g/mol. The van der Waals surface area contributed by atoms with E-state index >= 15 is 0 Å². The molecule has 0 fully saturated rings. The van der Waals surface area contributed by atoms with Gasteiger partial charge in [0, 0.05) is 17.6 Å². The van der Waals surface area contributed by atoms with Crippen LogP contribution in [0.5, 0.6) is 11.5 Å². The third kappa shape index (κ3) is 2.40. The van der Waals surface area contributed by atoms with Crippen molar-refractivity contribution in [3.63, 3.8) is 0 Å². The lowest BCUT2D eigenvalue weighted by molar-refractivity contribution is 0.483. The molecule has 1 heterocycles. The number of hydrogen-bond acceptors (Lipinski definition) is 3. The van der Waals surface area contributed by atoms with E-state index in [0.717, 1.165) is 5.39 Å². The van der Waals surface area contributed by atoms with Crippen LogP contribution in [0.15, 0.2) is 48.7 Å². The summed E-state index contributed by atoms with van der Waals surface area (Å²) in [6.07, 6.45) is 1.69. The van der Waals surface area contributed by atoms with Crippen LogP contribution in [0.1, 0.15) is 0 Å². The molecular weight excluding hydrogens is 370 g/mol. The molecule has 0 aliphatic rings. The molecule has 0 unspecified atom stereocenters. The van der Waals surface area contributed by atoms with Crippen molar-refractivity contribution in [1.29, 1.82) is 0 Å². The minimum absolute atomic E-state index is 0.293. The van der Waals surface area contributed by atoms with Crippen molar-refractivity contribution in [1.82, 2.24) is 4.98 Å². The van der Waals surface area contributed by atoms with E-state index < -0.39 is 0 Å². The van der Waals surface area contributed by atoms with Gasteiger partial charge in [-0.15, -0.1) is 0 Å². The summed E-state index contributed by atoms with van der Waals surface area (Å²) in [5, 5.41) is 0.953. The fraction of sp³-hybridized carbons (Fsp3) is 0. The number of benzene rings is 2. The third-order valence-corrected chi connectivity index (χ3v) is 3.70. The minimum Gasteiger partial charge on any atom is -0.453 e. The van der Waals surface area contributed by atoms with Gasteiger partial charge < -0.3 is 10.5 Å². The Labute approximate surface area is 128 Å². The Balaban J connectivity index is 2.08. The Morgan fingerprint density at radius 2 is 1.90 bits per heavy atom. The molecule has 100 valence electrons. The largest absolute Gasteiger partial charge is 0.453 e. The van der Waals surface area contributed by atoms with Gasteiger partial charge in [-0.1, -0.05) is 18.2 Å². The molecule has 0 saturated carbocycles. The Morgan fingerprint density at radius 3 is 2.75 bits per heavy atom. The molecule has 3 nitrogen and oxygen atoms in total. The van der Waals surface area contributed by atoms with Crippen LogP contribution in [-0.4, -0.2) is 4.98 Å². The van der Waals surface area contributed by atoms with Crippen molar-refractivity contribution in [3.8, 4) is 11.5 Å². The van der Waals surface area contributed by atoms with Gasteiger partial charge in [-0.3, -0.25) is 4.98 Å². The van der Waals surface area contributed by atoms with Gasteiger partial charge in [-0.2, -0.15) is 0 Å². The number of nitrogen functional groups attached to an aromatic ring is 1. The molecule has 0 bridgehead atoms. The predicted molar refractivity (Wildman–Crippen MR) is 85.3 cm³/mol. The van der Waals surface area contributed by atoms with E-state index in [-0.39, 0.29) is 5.82 Å². The number of nitrogens with zero attached hydrogens (tertiary/aromatic N) is 1. The molecule has 0 saturated heterocycles. The van der Waals surface area contributed by atoms with Crippen LogP contribution in [-0.2, 0) is 0 Å². The quantitative estimate of drug-likeness (QED) is 0.531. The molecule has 0 amide bonds. The number of rotatable bonds is 2. The van der Waals surface area contributed by atoms with Crippen LogP contribution in [0.2, 0.25) is 0 Å². The summed E-state index contributed by atoms with van der Waals surface area (Å²) < 4.78 is 19.8. The second kappa shape index (κ2) is 5.24. The number of fused-ring (bicyclic) bond motifs is 1. The first-order valence-corrected chi connectivity index (χ1v) is 6.99. The van der Waals surface area contributed by atoms with Gasteiger partial charge >= 0.3 is 0 Å². The zero-order chi connectivity index (χ0) is 14.1. The summed E-state index contributed by atoms with van der Waals surface area (Å²) in [7, 11) is 0. The molecule has 0 atom stereocenters. The lowest BCUT2D eigenvalue weighted by Crippen LogP contribution is -1.96. The Morgan fingerprint density at radius 1 is 1.10 bits per heavy atom. The molecule has 0 aliphatic carbocycles. The van der Waals surface area contributed by atoms with Crippen LogP contribution >= 0.6 is 22.6 Å². The smallest absolute Gasteiger partial charge is 0.153 e. The summed E-state index contributed by atoms with van der Waals surface area (Å²) >= 11 is 1.89. The maximum Gasteiger partial charge on any atom is 0.153 e. The highest BCUT2D eigenvalue weighted by Gasteiger charge is 2.10. The maximum atomic E-state index is 13.6. The number of para-hydroxylation sites is 1. The molecule has 0 aliphatic heterocycles. The van der Waals surface area contributed by atoms with Crippen LogP contribution < -0.4 is 10.5 Å². The Hall–Kier alpha value is -1.89. The summed E-state index contributed by atoms with van der Waals surface area (Å²) in [5.74, 6) is 0.486. The van der Waals surface area contributed by atoms with Gasteiger partial charge in [-0.05, 0) is 40.8 Å². The van der Waals surface area contributed by atoms with E-state index in [1.807, 2.05) is 46.9 Å². The molecule has 3 aromatic rings. The van der Waals surface area contributed by atoms with Crippen molar-refractivity contribution < 1.29 is 9.13 Å². The number of anilines is 1. The van der Waals surface area contributed by atoms with E-state index in [1.54, 1.807) is 18.3 Å². The molecule has 0 spiro atoms. The van der Waals surface area contributed by atoms with Gasteiger partial charge in [-0.25, -0.2) is 4.39 Å². The predicted octanol–water partition coefficient (Wildman–Crippen LogP) is 4.35. The molecule has 0 radical (unpaired) electrons. The number of hydrogen-bond donors (Lipinski definition) is 1. The number of nitrogens with two attached hydrogens (primary N) is 1. The fourth-order valence-electron chi connectivity index (χ4n) is 1.91. The number of ether oxygens (including phenoxy) is 1. The maximum absolute atomic E-state index is 13.6. The second-order valence-corrected chi connectivity index (χ2v) is 5.40. The van der Waals surface area contributed by atoms with E-state index in [2.05, 4.69) is 4.98 Å². The average molecular weight is 380 g/mol. The molecular formula is C15H10FIN2O. The third-order valence-electron chi connectivity index (χ3n) is 2.87. The summed E-state index contributed by atoms with van der Waals surface area (Å²) in [5.41, 5.74) is 6.97. The lowest BCUT2D eigenvalue weighted by Gasteiger charge is -2.11. The van der Waals surface area contributed by atoms with Crippen LogP contribution in [0, 0.1) is 9.39 Å². The van der Waals surface area contributed by atoms with Gasteiger partial charge in [0.15, 0.2) is 11.5 Å². The van der Waals surface area contributed by atoms with Crippen molar-refractivity contribution in [2.45, 2.75) is 0 Å². The molecule has 2 aromatic carbocycles. The van der Waals surface area contributed by atoms with E-state index in [0.29, 0.717) is 26.3 Å². The molecule has 5 heteroatoms. The van der Waals surface area contributed by atoms with E-state index in [9.17, 15) is 4.39 Å². The van der Waals surface area contributed by atoms with E-state index in [4.69, 9.17) is 10.5 Å². The first kappa shape index (κ1) is 13.1. The van der Waals surface area contributed by atoms with Crippen molar-refractivity contribution in [2.75, 3.05) is 5.73 Å². The number of pyridine rings is 1. The van der Waals surface area contributed by atoms with Gasteiger partial charge in [0.1, 0.15) is 11.3 Å². The van der Waals surface area contributed by atoms with Crippen LogP contribution in [0.25, 0.3) is 10.9 Å². The summed E-state index contributed by atoms with van der Waals surface area (Å²) in [4.78, 5) is 4.29. The average Bonchev–Trinajstić information content (AvgIpc) is 2.45. The second-order valence-electron chi connectivity index (χ2n) is 4.24. The first-order chi connectivity index (χ1) is 9.65. The normalized spacial score (nSPS) is 10.7. The Bertz CT molecular complexity index is 787. The standard InChI is InChI=1S/C15H10FIN2O/c16-10-7-14(12(18)8-11(10)17)20-13-5-1-3-9-4-2-6-19-15(9)13/h1-8H,18H2. The van der Waals surface area contributed by atoms with Crippen molar-refractivity contribution >= 4 is 39.2 Å². The zero-order valence-electron chi connectivity index (χ0n) is 10.3. The van der Waals surface area contributed by atoms with Crippen LogP contribution in [0.3, 0.4) is 0 Å². The fourth-order valence-corrected chi connectivity index (χ4v) is 2.40. The zero-order valence-corrected chi connectivity index (χ0v) is 12.5. The SMILES string of the molecule is Nc1cc(I)c(F)cc1Oc1cccc2cccnc12. The first-order valence-electron chi connectivity index (χ1n) is 5.91. The van der Waals surface area contributed by atoms with E-state index in [1.165, 1.54) is 6.07 Å². The number of halogens is 2. The van der Waals surface area contributed by atoms with Gasteiger partial charge in [0.25, 0.3) is 0 Å². The molecule has 3 rings (SSSR count). The molecule has 20 heavy (non-hydrogen) atoms. The number of aromatic nitrogens is 1. The molecule has 1 aromatic heterocycles. The highest BCUT2D eigenvalue weighted by molar-refractivity contribution is 14.1. The summed E-state index contributed by atoms with van der Waals surface area (Å²) in [6, 6.07) is 12.2. The highest BCUT2D eigenvalue weighted by Crippen LogP contribution is 2.33. The van der Waals surface area contributed by atoms with Crippen molar-refractivity contribution in [2.24, 2.45) is 0 Å². The molecule has 2 N–H and O–H groups in total. The van der Waals surface area contributed by atoms with Crippen LogP contribution in [0.4, 0.5) is 10.1 Å². The van der Waals surface area contributed by atoms with Gasteiger partial charge in [0.05, 0.1) is 9.26 Å². The minimum atomic E-state index is -0.358. The van der Waals surface area contributed by atoms with Gasteiger partial charge in [0.2, 0.25) is 0 Å². The Kier molecular flexibility index (Phi) is 3.43. The highest BCUT2D eigenvalue weighted by atomic mass is 127. The van der Waals surface area contributed by atoms with Crippen molar-refractivity contribution in [3.05, 3.63) is 58.0 Å². The topological polar surface area (TPSA) is 48.1 Å². The summed E-state index contributed by atoms with van der Waals surface area (Å²) in [6.45, 7) is 0. The lowest BCUT2D eigenvalue weighted by atomic mass is 10.2.